The monoisotopic (exact) mass is 265 g/mol. The van der Waals surface area contributed by atoms with Crippen LogP contribution < -0.4 is 0 Å². The van der Waals surface area contributed by atoms with Gasteiger partial charge < -0.3 is 0 Å². The van der Waals surface area contributed by atoms with Gasteiger partial charge in [0.1, 0.15) is 5.82 Å². The van der Waals surface area contributed by atoms with Gasteiger partial charge in [-0.25, -0.2) is 4.39 Å². The molecular formula is C14H16FNOS. The van der Waals surface area contributed by atoms with Gasteiger partial charge >= 0.3 is 0 Å². The molecule has 2 nitrogen and oxygen atoms in total. The zero-order chi connectivity index (χ0) is 13.0. The molecule has 0 aromatic heterocycles. The second-order valence-electron chi connectivity index (χ2n) is 4.81. The molecule has 4 heteroatoms. The lowest BCUT2D eigenvalue weighted by atomic mass is 10.1. The van der Waals surface area contributed by atoms with Crippen molar-refractivity contribution in [2.45, 2.75) is 31.4 Å². The first-order valence-corrected chi connectivity index (χ1v) is 7.71. The Morgan fingerprint density at radius 1 is 1.39 bits per heavy atom. The van der Waals surface area contributed by atoms with Crippen LogP contribution in [0.3, 0.4) is 0 Å². The van der Waals surface area contributed by atoms with Crippen LogP contribution in [0.25, 0.3) is 0 Å². The summed E-state index contributed by atoms with van der Waals surface area (Å²) < 4.78 is 25.2. The minimum Gasteiger partial charge on any atom is -0.259 e. The summed E-state index contributed by atoms with van der Waals surface area (Å²) in [7, 11) is -0.999. The first-order valence-electron chi connectivity index (χ1n) is 6.22. The lowest BCUT2D eigenvalue weighted by Crippen LogP contribution is -2.10. The fourth-order valence-electron chi connectivity index (χ4n) is 2.46. The van der Waals surface area contributed by atoms with E-state index in [1.165, 1.54) is 31.0 Å². The van der Waals surface area contributed by atoms with Crippen molar-refractivity contribution in [2.75, 3.05) is 5.75 Å². The molecule has 0 aliphatic heterocycles. The highest BCUT2D eigenvalue weighted by Gasteiger charge is 2.18. The highest BCUT2D eigenvalue weighted by molar-refractivity contribution is 7.84. The molecule has 1 aliphatic rings. The minimum atomic E-state index is -0.999. The minimum absolute atomic E-state index is 0.289. The molecule has 1 aromatic rings. The Bertz CT molecular complexity index is 489. The Hall–Kier alpha value is -1.21. The van der Waals surface area contributed by atoms with Crippen molar-refractivity contribution in [3.05, 3.63) is 35.1 Å². The van der Waals surface area contributed by atoms with Gasteiger partial charge in [0.15, 0.2) is 0 Å². The van der Waals surface area contributed by atoms with Gasteiger partial charge in [0, 0.05) is 22.3 Å². The third-order valence-electron chi connectivity index (χ3n) is 3.40. The van der Waals surface area contributed by atoms with Gasteiger partial charge in [-0.1, -0.05) is 12.8 Å². The standard InChI is InChI=1S/C14H16FNOS/c15-14-6-5-12(8-16)13(7-14)10-18(17)9-11-3-1-2-4-11/h5-7,11H,1-4,9-10H2. The van der Waals surface area contributed by atoms with E-state index in [0.29, 0.717) is 22.8 Å². The van der Waals surface area contributed by atoms with E-state index in [1.807, 2.05) is 6.07 Å². The van der Waals surface area contributed by atoms with Crippen LogP contribution in [0.5, 0.6) is 0 Å². The average molecular weight is 265 g/mol. The van der Waals surface area contributed by atoms with Gasteiger partial charge in [-0.2, -0.15) is 5.26 Å². The average Bonchev–Trinajstić information content (AvgIpc) is 2.82. The van der Waals surface area contributed by atoms with Crippen molar-refractivity contribution in [3.8, 4) is 6.07 Å². The molecule has 2 rings (SSSR count). The van der Waals surface area contributed by atoms with Crippen LogP contribution in [0.4, 0.5) is 4.39 Å². The molecule has 0 radical (unpaired) electrons. The van der Waals surface area contributed by atoms with Crippen LogP contribution in [0.15, 0.2) is 18.2 Å². The molecular weight excluding hydrogens is 249 g/mol. The summed E-state index contributed by atoms with van der Waals surface area (Å²) in [6.45, 7) is 0. The number of nitriles is 1. The number of rotatable bonds is 4. The largest absolute Gasteiger partial charge is 0.259 e. The van der Waals surface area contributed by atoms with E-state index in [-0.39, 0.29) is 11.6 Å². The van der Waals surface area contributed by atoms with Crippen LogP contribution in [0, 0.1) is 23.1 Å². The summed E-state index contributed by atoms with van der Waals surface area (Å²) in [6.07, 6.45) is 4.76. The Balaban J connectivity index is 2.02. The fraction of sp³-hybridized carbons (Fsp3) is 0.500. The predicted octanol–water partition coefficient (Wildman–Crippen LogP) is 3.14. The molecule has 0 bridgehead atoms. The Morgan fingerprint density at radius 2 is 2.11 bits per heavy atom. The van der Waals surface area contributed by atoms with Gasteiger partial charge in [-0.15, -0.1) is 0 Å². The maximum absolute atomic E-state index is 13.1. The summed E-state index contributed by atoms with van der Waals surface area (Å²) >= 11 is 0. The molecule has 0 saturated heterocycles. The van der Waals surface area contributed by atoms with E-state index in [1.54, 1.807) is 0 Å². The fourth-order valence-corrected chi connectivity index (χ4v) is 4.03. The Labute approximate surface area is 109 Å². The molecule has 0 spiro atoms. The van der Waals surface area contributed by atoms with E-state index in [4.69, 9.17) is 5.26 Å². The number of hydrogen-bond acceptors (Lipinski definition) is 2. The summed E-state index contributed by atoms with van der Waals surface area (Å²) in [5, 5.41) is 8.94. The molecule has 1 fully saturated rings. The first-order chi connectivity index (χ1) is 8.69. The highest BCUT2D eigenvalue weighted by Crippen LogP contribution is 2.26. The summed E-state index contributed by atoms with van der Waals surface area (Å²) in [4.78, 5) is 0. The summed E-state index contributed by atoms with van der Waals surface area (Å²) in [6, 6.07) is 6.07. The molecule has 18 heavy (non-hydrogen) atoms. The maximum Gasteiger partial charge on any atom is 0.123 e. The Kier molecular flexibility index (Phi) is 4.48. The SMILES string of the molecule is N#Cc1ccc(F)cc1CS(=O)CC1CCCC1. The summed E-state index contributed by atoms with van der Waals surface area (Å²) in [5.41, 5.74) is 0.991. The number of hydrogen-bond donors (Lipinski definition) is 0. The molecule has 0 amide bonds. The van der Waals surface area contributed by atoms with Gasteiger partial charge in [0.25, 0.3) is 0 Å². The van der Waals surface area contributed by atoms with Crippen LogP contribution in [0.2, 0.25) is 0 Å². The lowest BCUT2D eigenvalue weighted by Gasteiger charge is -2.09. The summed E-state index contributed by atoms with van der Waals surface area (Å²) in [5.74, 6) is 1.14. The quantitative estimate of drug-likeness (QED) is 0.839. The highest BCUT2D eigenvalue weighted by atomic mass is 32.2. The maximum atomic E-state index is 13.1. The van der Waals surface area contributed by atoms with E-state index in [2.05, 4.69) is 0 Å². The van der Waals surface area contributed by atoms with Crippen LogP contribution >= 0.6 is 0 Å². The van der Waals surface area contributed by atoms with Gasteiger partial charge in [-0.05, 0) is 42.5 Å². The molecule has 1 unspecified atom stereocenters. The van der Waals surface area contributed by atoms with E-state index >= 15 is 0 Å². The Morgan fingerprint density at radius 3 is 2.78 bits per heavy atom. The van der Waals surface area contributed by atoms with Crippen LogP contribution in [-0.4, -0.2) is 9.96 Å². The molecule has 0 heterocycles. The van der Waals surface area contributed by atoms with E-state index < -0.39 is 10.8 Å². The van der Waals surface area contributed by atoms with Crippen molar-refractivity contribution < 1.29 is 8.60 Å². The van der Waals surface area contributed by atoms with Crippen LogP contribution in [0.1, 0.15) is 36.8 Å². The third-order valence-corrected chi connectivity index (χ3v) is 4.88. The van der Waals surface area contributed by atoms with E-state index in [0.717, 1.165) is 12.8 Å². The number of halogens is 1. The van der Waals surface area contributed by atoms with Crippen LogP contribution in [-0.2, 0) is 16.6 Å². The second-order valence-corrected chi connectivity index (χ2v) is 6.32. The van der Waals surface area contributed by atoms with Crippen molar-refractivity contribution in [1.29, 1.82) is 5.26 Å². The van der Waals surface area contributed by atoms with Crippen molar-refractivity contribution in [2.24, 2.45) is 5.92 Å². The van der Waals surface area contributed by atoms with Gasteiger partial charge in [0.05, 0.1) is 11.6 Å². The predicted molar refractivity (Wildman–Crippen MR) is 69.8 cm³/mol. The molecule has 1 atom stereocenters. The number of benzene rings is 1. The lowest BCUT2D eigenvalue weighted by molar-refractivity contribution is 0.604. The third kappa shape index (κ3) is 3.39. The normalized spacial score (nSPS) is 17.6. The topological polar surface area (TPSA) is 40.9 Å². The van der Waals surface area contributed by atoms with Crippen molar-refractivity contribution in [3.63, 3.8) is 0 Å². The van der Waals surface area contributed by atoms with Crippen molar-refractivity contribution >= 4 is 10.8 Å². The van der Waals surface area contributed by atoms with Gasteiger partial charge in [0.2, 0.25) is 0 Å². The molecule has 96 valence electrons. The smallest absolute Gasteiger partial charge is 0.123 e. The molecule has 1 aromatic carbocycles. The molecule has 1 saturated carbocycles. The van der Waals surface area contributed by atoms with E-state index in [9.17, 15) is 8.60 Å². The second kappa shape index (κ2) is 6.10. The van der Waals surface area contributed by atoms with Crippen molar-refractivity contribution in [1.82, 2.24) is 0 Å². The molecule has 1 aliphatic carbocycles. The molecule has 0 N–H and O–H groups in total. The zero-order valence-electron chi connectivity index (χ0n) is 10.2. The first kappa shape index (κ1) is 13.2. The zero-order valence-corrected chi connectivity index (χ0v) is 11.0. The van der Waals surface area contributed by atoms with Gasteiger partial charge in [-0.3, -0.25) is 4.21 Å². The number of nitrogens with zero attached hydrogens (tertiary/aromatic N) is 1.